The molecule has 31 heavy (non-hydrogen) atoms. The summed E-state index contributed by atoms with van der Waals surface area (Å²) < 4.78 is 61.1. The van der Waals surface area contributed by atoms with Crippen molar-refractivity contribution in [2.75, 3.05) is 5.32 Å². The molecular weight excluding hydrogens is 436 g/mol. The van der Waals surface area contributed by atoms with Crippen LogP contribution in [0.15, 0.2) is 47.0 Å². The van der Waals surface area contributed by atoms with Crippen LogP contribution in [0.2, 0.25) is 5.02 Å². The number of anilines is 1. The zero-order valence-corrected chi connectivity index (χ0v) is 16.7. The fourth-order valence-corrected chi connectivity index (χ4v) is 3.40. The van der Waals surface area contributed by atoms with Crippen LogP contribution >= 0.6 is 11.6 Å². The summed E-state index contributed by atoms with van der Waals surface area (Å²) in [6.45, 7) is 1.72. The van der Waals surface area contributed by atoms with Crippen LogP contribution < -0.4 is 5.32 Å². The number of nitrogens with zero attached hydrogens (tertiary/aromatic N) is 2. The Morgan fingerprint density at radius 3 is 2.55 bits per heavy atom. The summed E-state index contributed by atoms with van der Waals surface area (Å²) in [6.07, 6.45) is -4.31. The van der Waals surface area contributed by atoms with Gasteiger partial charge in [-0.2, -0.15) is 18.4 Å². The lowest BCUT2D eigenvalue weighted by molar-refractivity contribution is -0.144. The zero-order chi connectivity index (χ0) is 22.8. The lowest BCUT2D eigenvalue weighted by Gasteiger charge is -2.27. The van der Waals surface area contributed by atoms with Crippen molar-refractivity contribution in [3.63, 3.8) is 0 Å². The van der Waals surface area contributed by atoms with Gasteiger partial charge in [-0.05, 0) is 36.8 Å². The molecule has 2 N–H and O–H groups in total. The second kappa shape index (κ2) is 8.78. The van der Waals surface area contributed by atoms with E-state index < -0.39 is 35.3 Å². The Morgan fingerprint density at radius 1 is 1.26 bits per heavy atom. The second-order valence-electron chi connectivity index (χ2n) is 6.70. The first-order chi connectivity index (χ1) is 14.7. The van der Waals surface area contributed by atoms with Crippen molar-refractivity contribution in [1.82, 2.24) is 5.16 Å². The van der Waals surface area contributed by atoms with Crippen LogP contribution in [0, 0.1) is 29.5 Å². The third-order valence-corrected chi connectivity index (χ3v) is 4.88. The van der Waals surface area contributed by atoms with Crippen LogP contribution in [0.3, 0.4) is 0 Å². The third kappa shape index (κ3) is 4.54. The van der Waals surface area contributed by atoms with E-state index in [1.54, 1.807) is 25.1 Å². The average Bonchev–Trinajstić information content (AvgIpc) is 3.10. The maximum atomic E-state index is 14.3. The summed E-state index contributed by atoms with van der Waals surface area (Å²) in [6, 6.07) is 9.41. The zero-order valence-electron chi connectivity index (χ0n) is 16.0. The number of hydrogen-bond acceptors (Lipinski definition) is 5. The van der Waals surface area contributed by atoms with Crippen LogP contribution in [0.1, 0.15) is 22.8 Å². The first-order valence-corrected chi connectivity index (χ1v) is 9.29. The van der Waals surface area contributed by atoms with Gasteiger partial charge in [-0.1, -0.05) is 35.0 Å². The summed E-state index contributed by atoms with van der Waals surface area (Å²) in [7, 11) is 0. The molecule has 0 spiro atoms. The van der Waals surface area contributed by atoms with E-state index in [0.29, 0.717) is 6.21 Å². The molecule has 0 radical (unpaired) electrons. The summed E-state index contributed by atoms with van der Waals surface area (Å²) >= 11 is 6.00. The van der Waals surface area contributed by atoms with Gasteiger partial charge in [-0.15, -0.1) is 0 Å². The Hall–Kier alpha value is -3.38. The molecule has 0 fully saturated rings. The summed E-state index contributed by atoms with van der Waals surface area (Å²) in [5, 5.41) is 23.1. The first-order valence-electron chi connectivity index (χ1n) is 8.92. The smallest absolute Gasteiger partial charge is 0.373 e. The molecule has 0 bridgehead atoms. The highest BCUT2D eigenvalue weighted by Gasteiger charge is 2.47. The average molecular weight is 451 g/mol. The third-order valence-electron chi connectivity index (χ3n) is 4.56. The molecule has 2 atom stereocenters. The van der Waals surface area contributed by atoms with E-state index in [1.165, 1.54) is 24.3 Å². The number of benzene rings is 2. The molecule has 0 saturated carbocycles. The van der Waals surface area contributed by atoms with Crippen LogP contribution in [0.5, 0.6) is 0 Å². The van der Waals surface area contributed by atoms with Crippen LogP contribution in [0.25, 0.3) is 11.3 Å². The fraction of sp³-hybridized carbons (Fsp3) is 0.190. The molecule has 10 heteroatoms. The molecule has 0 amide bonds. The molecule has 3 aromatic rings. The van der Waals surface area contributed by atoms with Gasteiger partial charge in [0.05, 0.1) is 16.5 Å². The van der Waals surface area contributed by atoms with E-state index in [2.05, 4.69) is 10.5 Å². The number of hydrogen-bond donors (Lipinski definition) is 2. The minimum absolute atomic E-state index is 0.0898. The number of nitrogens with one attached hydrogen (secondary N) is 2. The van der Waals surface area contributed by atoms with Gasteiger partial charge >= 0.3 is 6.18 Å². The Kier molecular flexibility index (Phi) is 6.32. The molecule has 2 unspecified atom stereocenters. The van der Waals surface area contributed by atoms with Gasteiger partial charge < -0.3 is 15.2 Å². The normalized spacial score (nSPS) is 13.3. The largest absolute Gasteiger partial charge is 0.409 e. The van der Waals surface area contributed by atoms with Crippen molar-refractivity contribution >= 4 is 23.5 Å². The standard InChI is InChI=1S/C21H15ClF4N4O/c1-11-4-2-5-12(8-11)29-20(21(24,25)26)14(10-28)19-13(9-27)18(30-31-19)17-15(22)6-3-7-16(17)23/h2-8,10,14,20,28-29H,1H3. The lowest BCUT2D eigenvalue weighted by atomic mass is 9.92. The first kappa shape index (κ1) is 22.3. The minimum atomic E-state index is -4.82. The fourth-order valence-electron chi connectivity index (χ4n) is 3.15. The molecule has 0 aliphatic heterocycles. The Bertz CT molecular complexity index is 1130. The highest BCUT2D eigenvalue weighted by molar-refractivity contribution is 6.33. The number of rotatable bonds is 6. The van der Waals surface area contributed by atoms with Crippen LogP contribution in [-0.4, -0.2) is 23.6 Å². The van der Waals surface area contributed by atoms with E-state index in [-0.39, 0.29) is 22.0 Å². The van der Waals surface area contributed by atoms with E-state index in [0.717, 1.165) is 11.6 Å². The molecule has 0 saturated heterocycles. The molecule has 1 aromatic heterocycles. The summed E-state index contributed by atoms with van der Waals surface area (Å²) in [4.78, 5) is 0. The van der Waals surface area contributed by atoms with Gasteiger partial charge in [0.1, 0.15) is 29.2 Å². The van der Waals surface area contributed by atoms with Crippen molar-refractivity contribution in [3.05, 3.63) is 70.2 Å². The van der Waals surface area contributed by atoms with Crippen molar-refractivity contribution in [3.8, 4) is 17.3 Å². The molecule has 2 aromatic carbocycles. The summed E-state index contributed by atoms with van der Waals surface area (Å²) in [5.74, 6) is -3.09. The predicted molar refractivity (Wildman–Crippen MR) is 108 cm³/mol. The van der Waals surface area contributed by atoms with Crippen LogP contribution in [0.4, 0.5) is 23.2 Å². The number of alkyl halides is 3. The number of aryl methyl sites for hydroxylation is 1. The number of halogens is 5. The highest BCUT2D eigenvalue weighted by atomic mass is 35.5. The highest BCUT2D eigenvalue weighted by Crippen LogP contribution is 2.39. The Morgan fingerprint density at radius 2 is 1.97 bits per heavy atom. The molecule has 0 aliphatic carbocycles. The monoisotopic (exact) mass is 450 g/mol. The van der Waals surface area contributed by atoms with Crippen molar-refractivity contribution < 1.29 is 22.1 Å². The molecule has 3 rings (SSSR count). The van der Waals surface area contributed by atoms with Gasteiger partial charge in [-0.25, -0.2) is 4.39 Å². The summed E-state index contributed by atoms with van der Waals surface area (Å²) in [5.41, 5.74) is -0.130. The van der Waals surface area contributed by atoms with E-state index >= 15 is 0 Å². The topological polar surface area (TPSA) is 85.7 Å². The lowest BCUT2D eigenvalue weighted by Crippen LogP contribution is -2.42. The second-order valence-corrected chi connectivity index (χ2v) is 7.11. The van der Waals surface area contributed by atoms with Gasteiger partial charge in [0, 0.05) is 11.9 Å². The molecule has 1 heterocycles. The van der Waals surface area contributed by atoms with Gasteiger partial charge in [-0.3, -0.25) is 0 Å². The van der Waals surface area contributed by atoms with Crippen molar-refractivity contribution in [2.24, 2.45) is 0 Å². The minimum Gasteiger partial charge on any atom is -0.373 e. The maximum Gasteiger partial charge on any atom is 0.409 e. The quantitative estimate of drug-likeness (QED) is 0.351. The van der Waals surface area contributed by atoms with Crippen LogP contribution in [-0.2, 0) is 0 Å². The predicted octanol–water partition coefficient (Wildman–Crippen LogP) is 6.09. The van der Waals surface area contributed by atoms with E-state index in [9.17, 15) is 22.8 Å². The van der Waals surface area contributed by atoms with E-state index in [4.69, 9.17) is 21.5 Å². The molecule has 0 aliphatic rings. The molecular formula is C21H15ClF4N4O. The Labute approximate surface area is 179 Å². The maximum absolute atomic E-state index is 14.3. The van der Waals surface area contributed by atoms with Gasteiger partial charge in [0.15, 0.2) is 5.76 Å². The van der Waals surface area contributed by atoms with E-state index in [1.807, 2.05) is 0 Å². The van der Waals surface area contributed by atoms with Crippen molar-refractivity contribution in [2.45, 2.75) is 25.1 Å². The SMILES string of the molecule is Cc1cccc(NC(C(C=N)c2onc(-c3c(F)cccc3Cl)c2C#N)C(F)(F)F)c1. The van der Waals surface area contributed by atoms with Gasteiger partial charge in [0.2, 0.25) is 0 Å². The molecule has 5 nitrogen and oxygen atoms in total. The Balaban J connectivity index is 2.11. The number of aromatic nitrogens is 1. The number of nitriles is 1. The van der Waals surface area contributed by atoms with Gasteiger partial charge in [0.25, 0.3) is 0 Å². The molecule has 160 valence electrons. The van der Waals surface area contributed by atoms with Crippen molar-refractivity contribution in [1.29, 1.82) is 10.7 Å².